The van der Waals surface area contributed by atoms with Crippen molar-refractivity contribution in [2.24, 2.45) is 0 Å². The number of hydrogen-bond acceptors (Lipinski definition) is 3. The lowest BCUT2D eigenvalue weighted by Gasteiger charge is -2.19. The maximum atomic E-state index is 13.0. The van der Waals surface area contributed by atoms with Crippen LogP contribution in [0.5, 0.6) is 0 Å². The molecule has 124 valence electrons. The SMILES string of the molecule is O=P1(c2ccccc2)OCCCCCCCCCCCCO1. The molecule has 0 radical (unpaired) electrons. The van der Waals surface area contributed by atoms with Crippen molar-refractivity contribution in [3.63, 3.8) is 0 Å². The maximum absolute atomic E-state index is 13.0. The first kappa shape index (κ1) is 17.7. The van der Waals surface area contributed by atoms with E-state index in [4.69, 9.17) is 9.05 Å². The lowest BCUT2D eigenvalue weighted by molar-refractivity contribution is 0.206. The first-order valence-corrected chi connectivity index (χ1v) is 10.3. The van der Waals surface area contributed by atoms with Crippen molar-refractivity contribution < 1.29 is 13.6 Å². The zero-order chi connectivity index (χ0) is 15.5. The van der Waals surface area contributed by atoms with E-state index in [1.807, 2.05) is 30.3 Å². The quantitative estimate of drug-likeness (QED) is 0.644. The molecule has 0 spiro atoms. The van der Waals surface area contributed by atoms with Gasteiger partial charge in [-0.25, -0.2) is 0 Å². The molecule has 0 amide bonds. The zero-order valence-corrected chi connectivity index (χ0v) is 14.4. The van der Waals surface area contributed by atoms with Crippen molar-refractivity contribution in [2.75, 3.05) is 13.2 Å². The van der Waals surface area contributed by atoms with Gasteiger partial charge in [0, 0.05) is 0 Å². The summed E-state index contributed by atoms with van der Waals surface area (Å²) in [7, 11) is -3.15. The second kappa shape index (κ2) is 10.2. The second-order valence-corrected chi connectivity index (χ2v) is 8.06. The number of benzene rings is 1. The van der Waals surface area contributed by atoms with Crippen molar-refractivity contribution in [1.29, 1.82) is 0 Å². The number of rotatable bonds is 1. The summed E-state index contributed by atoms with van der Waals surface area (Å²) in [4.78, 5) is 0. The van der Waals surface area contributed by atoms with Crippen LogP contribution in [0.4, 0.5) is 0 Å². The normalized spacial score (nSPS) is 22.4. The van der Waals surface area contributed by atoms with Gasteiger partial charge in [-0.15, -0.1) is 0 Å². The van der Waals surface area contributed by atoms with Crippen molar-refractivity contribution in [1.82, 2.24) is 0 Å². The van der Waals surface area contributed by atoms with Crippen LogP contribution in [-0.2, 0) is 13.6 Å². The molecule has 1 heterocycles. The Kier molecular flexibility index (Phi) is 8.22. The summed E-state index contributed by atoms with van der Waals surface area (Å²) >= 11 is 0. The van der Waals surface area contributed by atoms with Crippen molar-refractivity contribution >= 4 is 12.9 Å². The van der Waals surface area contributed by atoms with E-state index >= 15 is 0 Å². The van der Waals surface area contributed by atoms with Crippen LogP contribution < -0.4 is 5.30 Å². The zero-order valence-electron chi connectivity index (χ0n) is 13.5. The van der Waals surface area contributed by atoms with E-state index in [0.717, 1.165) is 25.7 Å². The summed E-state index contributed by atoms with van der Waals surface area (Å²) in [5.74, 6) is 0. The molecule has 1 aliphatic rings. The Morgan fingerprint density at radius 3 is 1.50 bits per heavy atom. The van der Waals surface area contributed by atoms with E-state index in [1.54, 1.807) is 0 Å². The largest absolute Gasteiger partial charge is 0.361 e. The molecule has 0 bridgehead atoms. The van der Waals surface area contributed by atoms with Gasteiger partial charge in [0.25, 0.3) is 0 Å². The molecule has 3 nitrogen and oxygen atoms in total. The Balaban J connectivity index is 1.95. The van der Waals surface area contributed by atoms with Gasteiger partial charge in [-0.05, 0) is 25.0 Å². The Morgan fingerprint density at radius 1 is 0.636 bits per heavy atom. The molecule has 0 unspecified atom stereocenters. The smallest absolute Gasteiger partial charge is 0.305 e. The molecule has 4 heteroatoms. The number of hydrogen-bond donors (Lipinski definition) is 0. The molecule has 0 aromatic heterocycles. The molecule has 1 aromatic rings. The van der Waals surface area contributed by atoms with E-state index < -0.39 is 7.60 Å². The average Bonchev–Trinajstić information content (AvgIpc) is 2.56. The van der Waals surface area contributed by atoms with Gasteiger partial charge >= 0.3 is 7.60 Å². The molecule has 1 saturated heterocycles. The van der Waals surface area contributed by atoms with Gasteiger partial charge in [0.05, 0.1) is 18.5 Å². The van der Waals surface area contributed by atoms with Crippen molar-refractivity contribution in [3.05, 3.63) is 30.3 Å². The van der Waals surface area contributed by atoms with Crippen LogP contribution in [0.15, 0.2) is 30.3 Å². The predicted octanol–water partition coefficient (Wildman–Crippen LogP) is 5.45. The summed E-state index contributed by atoms with van der Waals surface area (Å²) in [5, 5.41) is 0.680. The molecule has 0 atom stereocenters. The van der Waals surface area contributed by atoms with Gasteiger partial charge in [-0.1, -0.05) is 69.6 Å². The Bertz CT molecular complexity index is 427. The van der Waals surface area contributed by atoms with Crippen LogP contribution in [0.25, 0.3) is 0 Å². The maximum Gasteiger partial charge on any atom is 0.361 e. The van der Waals surface area contributed by atoms with Gasteiger partial charge in [-0.2, -0.15) is 0 Å². The van der Waals surface area contributed by atoms with Crippen molar-refractivity contribution in [3.8, 4) is 0 Å². The minimum absolute atomic E-state index is 0.520. The van der Waals surface area contributed by atoms with Gasteiger partial charge in [-0.3, -0.25) is 4.57 Å². The highest BCUT2D eigenvalue weighted by atomic mass is 31.2. The average molecular weight is 324 g/mol. The fraction of sp³-hybridized carbons (Fsp3) is 0.667. The van der Waals surface area contributed by atoms with E-state index in [9.17, 15) is 4.57 Å². The Labute approximate surface area is 134 Å². The van der Waals surface area contributed by atoms with E-state index in [-0.39, 0.29) is 0 Å². The molecule has 0 saturated carbocycles. The molecule has 1 aromatic carbocycles. The monoisotopic (exact) mass is 324 g/mol. The Hall–Kier alpha value is -0.630. The van der Waals surface area contributed by atoms with Crippen molar-refractivity contribution in [2.45, 2.75) is 64.2 Å². The van der Waals surface area contributed by atoms with E-state index in [0.29, 0.717) is 18.5 Å². The minimum atomic E-state index is -3.15. The molecule has 1 aliphatic heterocycles. The third-order valence-corrected chi connectivity index (χ3v) is 6.11. The van der Waals surface area contributed by atoms with Crippen LogP contribution in [-0.4, -0.2) is 13.2 Å². The summed E-state index contributed by atoms with van der Waals surface area (Å²) < 4.78 is 24.5. The lowest BCUT2D eigenvalue weighted by Crippen LogP contribution is -2.11. The minimum Gasteiger partial charge on any atom is -0.305 e. The topological polar surface area (TPSA) is 35.5 Å². The molecular formula is C18H29O3P. The first-order valence-electron chi connectivity index (χ1n) is 8.76. The standard InChI is InChI=1S/C18H29O3P/c19-22(18-14-10-9-11-15-18)20-16-12-7-5-3-1-2-4-6-8-13-17-21-22/h9-11,14-15H,1-8,12-13,16-17H2. The summed E-state index contributed by atoms with van der Waals surface area (Å²) in [5.41, 5.74) is 0. The summed E-state index contributed by atoms with van der Waals surface area (Å²) in [6.45, 7) is 1.04. The fourth-order valence-corrected chi connectivity index (χ4v) is 4.43. The molecule has 0 aliphatic carbocycles. The van der Waals surface area contributed by atoms with Gasteiger partial charge in [0.1, 0.15) is 0 Å². The van der Waals surface area contributed by atoms with Gasteiger partial charge in [0.15, 0.2) is 0 Å². The molecular weight excluding hydrogens is 295 g/mol. The summed E-state index contributed by atoms with van der Waals surface area (Å²) in [6.07, 6.45) is 12.0. The second-order valence-electron chi connectivity index (χ2n) is 6.03. The lowest BCUT2D eigenvalue weighted by atomic mass is 10.1. The molecule has 1 fully saturated rings. The fourth-order valence-electron chi connectivity index (χ4n) is 2.78. The van der Waals surface area contributed by atoms with Crippen LogP contribution in [0.2, 0.25) is 0 Å². The van der Waals surface area contributed by atoms with Gasteiger partial charge < -0.3 is 9.05 Å². The summed E-state index contributed by atoms with van der Waals surface area (Å²) in [6, 6.07) is 9.38. The highest BCUT2D eigenvalue weighted by Gasteiger charge is 2.27. The molecule has 22 heavy (non-hydrogen) atoms. The van der Waals surface area contributed by atoms with Gasteiger partial charge in [0.2, 0.25) is 0 Å². The third-order valence-electron chi connectivity index (χ3n) is 4.13. The van der Waals surface area contributed by atoms with Crippen LogP contribution >= 0.6 is 7.60 Å². The highest BCUT2D eigenvalue weighted by Crippen LogP contribution is 2.47. The Morgan fingerprint density at radius 2 is 1.05 bits per heavy atom. The third kappa shape index (κ3) is 6.24. The van der Waals surface area contributed by atoms with Crippen LogP contribution in [0.1, 0.15) is 64.2 Å². The highest BCUT2D eigenvalue weighted by molar-refractivity contribution is 7.62. The van der Waals surface area contributed by atoms with E-state index in [2.05, 4.69) is 0 Å². The van der Waals surface area contributed by atoms with Crippen LogP contribution in [0.3, 0.4) is 0 Å². The molecule has 0 N–H and O–H groups in total. The van der Waals surface area contributed by atoms with E-state index in [1.165, 1.54) is 38.5 Å². The first-order chi connectivity index (χ1) is 10.8. The molecule has 2 rings (SSSR count). The predicted molar refractivity (Wildman–Crippen MR) is 91.8 cm³/mol. The van der Waals surface area contributed by atoms with Crippen LogP contribution in [0, 0.1) is 0 Å².